The molecule has 10 heteroatoms. The van der Waals surface area contributed by atoms with Gasteiger partial charge in [0.05, 0.1) is 10.9 Å². The molecule has 2 amide bonds. The first-order valence-electron chi connectivity index (χ1n) is 11.7. The van der Waals surface area contributed by atoms with E-state index in [4.69, 9.17) is 5.11 Å². The summed E-state index contributed by atoms with van der Waals surface area (Å²) < 4.78 is 0.870. The Morgan fingerprint density at radius 2 is 1.56 bits per heavy atom. The van der Waals surface area contributed by atoms with Crippen molar-refractivity contribution in [2.45, 2.75) is 51.7 Å². The van der Waals surface area contributed by atoms with Crippen LogP contribution in [0.1, 0.15) is 38.8 Å². The summed E-state index contributed by atoms with van der Waals surface area (Å²) in [6, 6.07) is 11.9. The van der Waals surface area contributed by atoms with E-state index in [-0.39, 0.29) is 24.1 Å². The van der Waals surface area contributed by atoms with E-state index in [1.54, 1.807) is 54.6 Å². The van der Waals surface area contributed by atoms with Crippen molar-refractivity contribution < 1.29 is 19.5 Å². The van der Waals surface area contributed by atoms with Crippen LogP contribution in [0.25, 0.3) is 10.9 Å². The number of aromatic nitrogens is 2. The van der Waals surface area contributed by atoms with Crippen molar-refractivity contribution in [2.24, 2.45) is 5.92 Å². The number of rotatable bonds is 10. The quantitative estimate of drug-likeness (QED) is 0.336. The van der Waals surface area contributed by atoms with Crippen molar-refractivity contribution in [2.75, 3.05) is 0 Å². The number of hydrogen-bond donors (Lipinski definition) is 4. The number of carbonyl (C=O) groups is 3. The molecule has 10 nitrogen and oxygen atoms in total. The summed E-state index contributed by atoms with van der Waals surface area (Å²) in [7, 11) is 0. The Bertz CT molecular complexity index is 1360. The maximum Gasteiger partial charge on any atom is 0.329 e. The van der Waals surface area contributed by atoms with Gasteiger partial charge in [0.25, 0.3) is 5.56 Å². The van der Waals surface area contributed by atoms with Crippen molar-refractivity contribution >= 4 is 28.7 Å². The third kappa shape index (κ3) is 6.26. The summed E-state index contributed by atoms with van der Waals surface area (Å²) in [5, 5.41) is 14.4. The topological polar surface area (TPSA) is 150 Å². The number of benzene rings is 2. The number of aliphatic carboxylic acids is 1. The molecule has 190 valence electrons. The zero-order chi connectivity index (χ0) is 26.4. The maximum atomic E-state index is 13.6. The van der Waals surface area contributed by atoms with Gasteiger partial charge in [0.2, 0.25) is 11.8 Å². The molecule has 4 N–H and O–H groups in total. The second-order valence-corrected chi connectivity index (χ2v) is 9.12. The van der Waals surface area contributed by atoms with Crippen LogP contribution < -0.4 is 21.9 Å². The molecule has 3 aromatic rings. The van der Waals surface area contributed by atoms with Crippen molar-refractivity contribution in [1.29, 1.82) is 0 Å². The van der Waals surface area contributed by atoms with Crippen LogP contribution >= 0.6 is 0 Å². The minimum atomic E-state index is -1.26. The normalized spacial score (nSPS) is 13.7. The van der Waals surface area contributed by atoms with Crippen LogP contribution in [-0.4, -0.2) is 44.5 Å². The number of amides is 2. The van der Waals surface area contributed by atoms with E-state index in [0.29, 0.717) is 11.1 Å². The molecule has 3 rings (SSSR count). The Labute approximate surface area is 207 Å². The van der Waals surface area contributed by atoms with Gasteiger partial charge in [-0.25, -0.2) is 9.36 Å². The molecule has 1 aromatic heterocycles. The number of fused-ring (bicyclic) bond motifs is 1. The number of nitrogens with zero attached hydrogens (tertiary/aromatic N) is 1. The highest BCUT2D eigenvalue weighted by molar-refractivity contribution is 5.91. The van der Waals surface area contributed by atoms with Gasteiger partial charge in [0.15, 0.2) is 0 Å². The first-order chi connectivity index (χ1) is 17.1. The summed E-state index contributed by atoms with van der Waals surface area (Å²) in [5.74, 6) is -2.59. The van der Waals surface area contributed by atoms with Gasteiger partial charge in [-0.3, -0.25) is 19.2 Å². The van der Waals surface area contributed by atoms with Crippen LogP contribution in [0.5, 0.6) is 0 Å². The number of aromatic amines is 1. The van der Waals surface area contributed by atoms with Crippen LogP contribution in [0, 0.1) is 5.92 Å². The van der Waals surface area contributed by atoms with Crippen molar-refractivity contribution in [3.63, 3.8) is 0 Å². The molecule has 3 atom stereocenters. The van der Waals surface area contributed by atoms with E-state index in [1.807, 2.05) is 13.8 Å². The van der Waals surface area contributed by atoms with Gasteiger partial charge in [-0.1, -0.05) is 56.3 Å². The molecule has 0 bridgehead atoms. The Morgan fingerprint density at radius 3 is 2.19 bits per heavy atom. The molecule has 0 saturated heterocycles. The smallest absolute Gasteiger partial charge is 0.329 e. The van der Waals surface area contributed by atoms with Crippen LogP contribution in [0.15, 0.2) is 64.2 Å². The van der Waals surface area contributed by atoms with E-state index in [2.05, 4.69) is 15.6 Å². The molecule has 1 heterocycles. The third-order valence-electron chi connectivity index (χ3n) is 5.79. The minimum absolute atomic E-state index is 0.0134. The molecule has 0 aliphatic carbocycles. The summed E-state index contributed by atoms with van der Waals surface area (Å²) in [6.45, 7) is 5.03. The first kappa shape index (κ1) is 26.4. The van der Waals surface area contributed by atoms with Crippen LogP contribution in [0.4, 0.5) is 0 Å². The fourth-order valence-electron chi connectivity index (χ4n) is 3.94. The number of carboxylic acid groups (broad SMARTS) is 1. The van der Waals surface area contributed by atoms with E-state index in [0.717, 1.165) is 4.57 Å². The first-order valence-corrected chi connectivity index (χ1v) is 11.7. The van der Waals surface area contributed by atoms with Gasteiger partial charge in [0.1, 0.15) is 18.1 Å². The molecule has 0 unspecified atom stereocenters. The lowest BCUT2D eigenvalue weighted by atomic mass is 10.0. The SMILES string of the molecule is CC(C)C[C@H](NC(=O)[C@@H](Cc1ccccc1)n1c(=O)[nH]c2ccccc2c1=O)C(=O)N[C@H](C)C(=O)O. The molecule has 0 aliphatic heterocycles. The average Bonchev–Trinajstić information content (AvgIpc) is 2.83. The maximum absolute atomic E-state index is 13.6. The van der Waals surface area contributed by atoms with Gasteiger partial charge in [-0.2, -0.15) is 0 Å². The molecule has 0 saturated carbocycles. The molecule has 0 fully saturated rings. The molecule has 0 aliphatic rings. The summed E-state index contributed by atoms with van der Waals surface area (Å²) in [6.07, 6.45) is 0.250. The minimum Gasteiger partial charge on any atom is -0.480 e. The van der Waals surface area contributed by atoms with Crippen molar-refractivity contribution in [3.05, 3.63) is 81.0 Å². The summed E-state index contributed by atoms with van der Waals surface area (Å²) in [5.41, 5.74) is -0.322. The van der Waals surface area contributed by atoms with E-state index in [9.17, 15) is 24.0 Å². The number of hydrogen-bond acceptors (Lipinski definition) is 5. The Morgan fingerprint density at radius 1 is 0.917 bits per heavy atom. The van der Waals surface area contributed by atoms with Crippen LogP contribution in [-0.2, 0) is 20.8 Å². The summed E-state index contributed by atoms with van der Waals surface area (Å²) in [4.78, 5) is 66.6. The molecule has 2 aromatic carbocycles. The van der Waals surface area contributed by atoms with Gasteiger partial charge in [0, 0.05) is 6.42 Å². The van der Waals surface area contributed by atoms with Gasteiger partial charge in [-0.05, 0) is 37.0 Å². The second-order valence-electron chi connectivity index (χ2n) is 9.12. The van der Waals surface area contributed by atoms with E-state index < -0.39 is 47.2 Å². The van der Waals surface area contributed by atoms with Crippen LogP contribution in [0.3, 0.4) is 0 Å². The predicted molar refractivity (Wildman–Crippen MR) is 135 cm³/mol. The lowest BCUT2D eigenvalue weighted by Crippen LogP contribution is -2.54. The Balaban J connectivity index is 2.03. The number of carbonyl (C=O) groups excluding carboxylic acids is 2. The molecule has 0 spiro atoms. The molecular weight excluding hydrogens is 464 g/mol. The van der Waals surface area contributed by atoms with Crippen molar-refractivity contribution in [1.82, 2.24) is 20.2 Å². The Hall–Kier alpha value is -4.21. The van der Waals surface area contributed by atoms with E-state index in [1.165, 1.54) is 6.92 Å². The van der Waals surface area contributed by atoms with Crippen LogP contribution in [0.2, 0.25) is 0 Å². The zero-order valence-corrected chi connectivity index (χ0v) is 20.4. The highest BCUT2D eigenvalue weighted by Crippen LogP contribution is 2.15. The monoisotopic (exact) mass is 494 g/mol. The standard InChI is InChI=1S/C26H30N4O6/c1-15(2)13-20(22(31)27-16(3)25(34)35)28-23(32)21(14-17-9-5-4-6-10-17)30-24(33)18-11-7-8-12-19(18)29-26(30)36/h4-12,15-16,20-21H,13-14H2,1-3H3,(H,27,31)(H,28,32)(H,29,36)(H,34,35)/t16-,20+,21-/m1/s1. The zero-order valence-electron chi connectivity index (χ0n) is 20.4. The van der Waals surface area contributed by atoms with Gasteiger partial charge < -0.3 is 20.7 Å². The molecule has 36 heavy (non-hydrogen) atoms. The Kier molecular flexibility index (Phi) is 8.42. The predicted octanol–water partition coefficient (Wildman–Crippen LogP) is 1.59. The van der Waals surface area contributed by atoms with Gasteiger partial charge in [-0.15, -0.1) is 0 Å². The fraction of sp³-hybridized carbons (Fsp3) is 0.346. The van der Waals surface area contributed by atoms with Gasteiger partial charge >= 0.3 is 11.7 Å². The second kappa shape index (κ2) is 11.5. The fourth-order valence-corrected chi connectivity index (χ4v) is 3.94. The highest BCUT2D eigenvalue weighted by atomic mass is 16.4. The number of H-pyrrole nitrogens is 1. The van der Waals surface area contributed by atoms with Crippen molar-refractivity contribution in [3.8, 4) is 0 Å². The number of para-hydroxylation sites is 1. The van der Waals surface area contributed by atoms with E-state index >= 15 is 0 Å². The third-order valence-corrected chi connectivity index (χ3v) is 5.79. The molecular formula is C26H30N4O6. The number of nitrogens with one attached hydrogen (secondary N) is 3. The lowest BCUT2D eigenvalue weighted by molar-refractivity contribution is -0.141. The molecule has 0 radical (unpaired) electrons. The number of carboxylic acids is 1. The summed E-state index contributed by atoms with van der Waals surface area (Å²) >= 11 is 0. The lowest BCUT2D eigenvalue weighted by Gasteiger charge is -2.25. The largest absolute Gasteiger partial charge is 0.480 e. The highest BCUT2D eigenvalue weighted by Gasteiger charge is 2.31. The average molecular weight is 495 g/mol.